The van der Waals surface area contributed by atoms with Gasteiger partial charge in [-0.15, -0.1) is 11.3 Å². The molecule has 1 atom stereocenters. The van der Waals surface area contributed by atoms with Gasteiger partial charge < -0.3 is 5.32 Å². The largest absolute Gasteiger partial charge is 0.307 e. The van der Waals surface area contributed by atoms with Gasteiger partial charge in [-0.25, -0.2) is 4.39 Å². The summed E-state index contributed by atoms with van der Waals surface area (Å²) in [6.07, 6.45) is 0. The van der Waals surface area contributed by atoms with Crippen LogP contribution in [0, 0.1) is 0 Å². The summed E-state index contributed by atoms with van der Waals surface area (Å²) in [5.41, 5.74) is 0. The Bertz CT molecular complexity index is 186. The maximum atomic E-state index is 11.7. The first-order chi connectivity index (χ1) is 5.34. The summed E-state index contributed by atoms with van der Waals surface area (Å²) in [4.78, 5) is 1.26. The van der Waals surface area contributed by atoms with E-state index in [4.69, 9.17) is 0 Å². The van der Waals surface area contributed by atoms with Gasteiger partial charge in [0.1, 0.15) is 6.67 Å². The topological polar surface area (TPSA) is 12.0 Å². The third-order valence-corrected chi connectivity index (χ3v) is 2.57. The quantitative estimate of drug-likeness (QED) is 0.737. The molecule has 0 saturated heterocycles. The monoisotopic (exact) mass is 173 g/mol. The molecule has 0 aliphatic carbocycles. The number of halogens is 1. The molecule has 0 fully saturated rings. The summed E-state index contributed by atoms with van der Waals surface area (Å²) in [7, 11) is 0. The Kier molecular flexibility index (Phi) is 3.52. The van der Waals surface area contributed by atoms with E-state index in [1.165, 1.54) is 4.88 Å². The Morgan fingerprint density at radius 1 is 1.73 bits per heavy atom. The zero-order chi connectivity index (χ0) is 8.10. The van der Waals surface area contributed by atoms with E-state index >= 15 is 0 Å². The predicted octanol–water partition coefficient (Wildman–Crippen LogP) is 2.37. The van der Waals surface area contributed by atoms with E-state index in [0.29, 0.717) is 6.54 Å². The van der Waals surface area contributed by atoms with Crippen LogP contribution < -0.4 is 5.32 Å². The van der Waals surface area contributed by atoms with Gasteiger partial charge in [-0.3, -0.25) is 0 Å². The third-order valence-electron chi connectivity index (χ3n) is 1.51. The number of rotatable bonds is 4. The molecular formula is C8H12FNS. The predicted molar refractivity (Wildman–Crippen MR) is 46.7 cm³/mol. The van der Waals surface area contributed by atoms with Crippen molar-refractivity contribution >= 4 is 11.3 Å². The summed E-state index contributed by atoms with van der Waals surface area (Å²) in [6.45, 7) is 2.19. The van der Waals surface area contributed by atoms with Crippen LogP contribution in [0.2, 0.25) is 0 Å². The lowest BCUT2D eigenvalue weighted by molar-refractivity contribution is 0.446. The van der Waals surface area contributed by atoms with Gasteiger partial charge in [0.25, 0.3) is 0 Å². The molecular weight excluding hydrogens is 161 g/mol. The maximum Gasteiger partial charge on any atom is 0.102 e. The number of nitrogens with one attached hydrogen (secondary N) is 1. The molecule has 0 amide bonds. The van der Waals surface area contributed by atoms with Crippen molar-refractivity contribution in [1.29, 1.82) is 0 Å². The first-order valence-electron chi connectivity index (χ1n) is 3.67. The number of alkyl halides is 1. The van der Waals surface area contributed by atoms with Crippen LogP contribution in [0.5, 0.6) is 0 Å². The van der Waals surface area contributed by atoms with Crippen LogP contribution in [0.25, 0.3) is 0 Å². The van der Waals surface area contributed by atoms with Crippen molar-refractivity contribution in [2.45, 2.75) is 13.0 Å². The first-order valence-corrected chi connectivity index (χ1v) is 4.55. The highest BCUT2D eigenvalue weighted by molar-refractivity contribution is 7.10. The summed E-state index contributed by atoms with van der Waals surface area (Å²) < 4.78 is 11.7. The molecule has 11 heavy (non-hydrogen) atoms. The number of thiophene rings is 1. The van der Waals surface area contributed by atoms with Crippen LogP contribution in [0.1, 0.15) is 17.8 Å². The molecule has 1 aromatic heterocycles. The standard InChI is InChI=1S/C8H12FNS/c1-7(10-5-4-9)8-3-2-6-11-8/h2-3,6-7,10H,4-5H2,1H3/t7-/m1/s1. The van der Waals surface area contributed by atoms with Crippen molar-refractivity contribution in [3.63, 3.8) is 0 Å². The second kappa shape index (κ2) is 4.46. The molecule has 0 aliphatic rings. The molecule has 0 radical (unpaired) electrons. The van der Waals surface area contributed by atoms with E-state index < -0.39 is 0 Å². The molecule has 3 heteroatoms. The van der Waals surface area contributed by atoms with Gasteiger partial charge >= 0.3 is 0 Å². The summed E-state index contributed by atoms with van der Waals surface area (Å²) in [5.74, 6) is 0. The van der Waals surface area contributed by atoms with Gasteiger partial charge in [0.05, 0.1) is 0 Å². The highest BCUT2D eigenvalue weighted by atomic mass is 32.1. The van der Waals surface area contributed by atoms with E-state index in [-0.39, 0.29) is 12.7 Å². The highest BCUT2D eigenvalue weighted by Crippen LogP contribution is 2.17. The molecule has 0 bridgehead atoms. The fourth-order valence-corrected chi connectivity index (χ4v) is 1.67. The van der Waals surface area contributed by atoms with E-state index in [0.717, 1.165) is 0 Å². The van der Waals surface area contributed by atoms with Gasteiger partial charge in [-0.2, -0.15) is 0 Å². The lowest BCUT2D eigenvalue weighted by Gasteiger charge is -2.09. The Hall–Kier alpha value is -0.410. The zero-order valence-electron chi connectivity index (χ0n) is 6.51. The van der Waals surface area contributed by atoms with E-state index in [2.05, 4.69) is 11.4 Å². The lowest BCUT2D eigenvalue weighted by atomic mass is 10.3. The van der Waals surface area contributed by atoms with Crippen molar-refractivity contribution < 1.29 is 4.39 Å². The molecule has 0 unspecified atom stereocenters. The van der Waals surface area contributed by atoms with Crippen LogP contribution >= 0.6 is 11.3 Å². The van der Waals surface area contributed by atoms with Gasteiger partial charge in [0, 0.05) is 17.5 Å². The minimum absolute atomic E-state index is 0.283. The van der Waals surface area contributed by atoms with Gasteiger partial charge in [-0.05, 0) is 18.4 Å². The Morgan fingerprint density at radius 2 is 2.55 bits per heavy atom. The van der Waals surface area contributed by atoms with E-state index in [1.807, 2.05) is 18.4 Å². The van der Waals surface area contributed by atoms with Crippen LogP contribution in [-0.2, 0) is 0 Å². The Labute approximate surface area is 70.2 Å². The summed E-state index contributed by atoms with van der Waals surface area (Å²) >= 11 is 1.70. The van der Waals surface area contributed by atoms with Gasteiger partial charge in [0.2, 0.25) is 0 Å². The van der Waals surface area contributed by atoms with Crippen LogP contribution in [0.15, 0.2) is 17.5 Å². The third kappa shape index (κ3) is 2.60. The van der Waals surface area contributed by atoms with Gasteiger partial charge in [-0.1, -0.05) is 6.07 Å². The summed E-state index contributed by atoms with van der Waals surface area (Å²) in [5, 5.41) is 5.10. The van der Waals surface area contributed by atoms with Crippen molar-refractivity contribution in [2.24, 2.45) is 0 Å². The van der Waals surface area contributed by atoms with Crippen molar-refractivity contribution in [2.75, 3.05) is 13.2 Å². The molecule has 0 aromatic carbocycles. The minimum atomic E-state index is -0.296. The van der Waals surface area contributed by atoms with Crippen molar-refractivity contribution in [1.82, 2.24) is 5.32 Å². The fourth-order valence-electron chi connectivity index (χ4n) is 0.909. The summed E-state index contributed by atoms with van der Waals surface area (Å²) in [6, 6.07) is 4.35. The molecule has 0 spiro atoms. The van der Waals surface area contributed by atoms with Crippen molar-refractivity contribution in [3.8, 4) is 0 Å². The Morgan fingerprint density at radius 3 is 3.09 bits per heavy atom. The van der Waals surface area contributed by atoms with Crippen molar-refractivity contribution in [3.05, 3.63) is 22.4 Å². The molecule has 1 nitrogen and oxygen atoms in total. The smallest absolute Gasteiger partial charge is 0.102 e. The zero-order valence-corrected chi connectivity index (χ0v) is 7.33. The fraction of sp³-hybridized carbons (Fsp3) is 0.500. The van der Waals surface area contributed by atoms with Crippen LogP contribution in [0.3, 0.4) is 0 Å². The van der Waals surface area contributed by atoms with E-state index in [1.54, 1.807) is 11.3 Å². The lowest BCUT2D eigenvalue weighted by Crippen LogP contribution is -2.19. The van der Waals surface area contributed by atoms with Crippen LogP contribution in [-0.4, -0.2) is 13.2 Å². The molecule has 62 valence electrons. The average molecular weight is 173 g/mol. The maximum absolute atomic E-state index is 11.7. The normalized spacial score (nSPS) is 13.3. The minimum Gasteiger partial charge on any atom is -0.307 e. The van der Waals surface area contributed by atoms with Gasteiger partial charge in [0.15, 0.2) is 0 Å². The molecule has 1 rings (SSSR count). The number of hydrogen-bond donors (Lipinski definition) is 1. The molecule has 1 aromatic rings. The SMILES string of the molecule is C[C@@H](NCCF)c1cccs1. The molecule has 1 heterocycles. The first kappa shape index (κ1) is 8.68. The second-order valence-electron chi connectivity index (χ2n) is 2.38. The Balaban J connectivity index is 2.36. The number of hydrogen-bond acceptors (Lipinski definition) is 2. The van der Waals surface area contributed by atoms with Crippen LogP contribution in [0.4, 0.5) is 4.39 Å². The average Bonchev–Trinajstić information content (AvgIpc) is 2.52. The highest BCUT2D eigenvalue weighted by Gasteiger charge is 2.03. The van der Waals surface area contributed by atoms with E-state index in [9.17, 15) is 4.39 Å². The molecule has 0 aliphatic heterocycles. The second-order valence-corrected chi connectivity index (χ2v) is 3.36. The molecule has 0 saturated carbocycles. The molecule has 1 N–H and O–H groups in total.